The number of anilines is 3. The van der Waals surface area contributed by atoms with Gasteiger partial charge in [0.05, 0.1) is 18.8 Å². The van der Waals surface area contributed by atoms with Crippen LogP contribution in [0.4, 0.5) is 28.4 Å². The van der Waals surface area contributed by atoms with Gasteiger partial charge < -0.3 is 14.2 Å². The van der Waals surface area contributed by atoms with E-state index in [2.05, 4.69) is 44.4 Å². The average Bonchev–Trinajstić information content (AvgIpc) is 3.21. The molecule has 1 aliphatic heterocycles. The zero-order chi connectivity index (χ0) is 20.3. The Hall–Kier alpha value is -4.03. The first-order chi connectivity index (χ1) is 14.0. The molecule has 0 fully saturated rings. The number of hydrogen-bond donors (Lipinski definition) is 0. The average molecular weight is 379 g/mol. The van der Waals surface area contributed by atoms with Crippen molar-refractivity contribution in [2.75, 3.05) is 16.8 Å². The van der Waals surface area contributed by atoms with Gasteiger partial charge in [-0.25, -0.2) is 4.98 Å². The standard InChI is InChI=1S/C23H17N5O/c1-13-9-16-15-7-6-8-26-23(15)29-22(16)12-19(13)28-14(2)27(5)20-10-17(24-3)18(25-4)11-21(20)28/h6-12,14H,1-2,5H3/t14-/m0/s1. The molecule has 5 rings (SSSR count). The predicted molar refractivity (Wildman–Crippen MR) is 115 cm³/mol. The first-order valence-electron chi connectivity index (χ1n) is 9.26. The molecule has 0 saturated carbocycles. The normalized spacial score (nSPS) is 15.6. The van der Waals surface area contributed by atoms with Crippen molar-refractivity contribution in [3.63, 3.8) is 0 Å². The summed E-state index contributed by atoms with van der Waals surface area (Å²) in [6.45, 7) is 19.0. The number of nitrogens with zero attached hydrogens (tertiary/aromatic N) is 5. The molecule has 140 valence electrons. The van der Waals surface area contributed by atoms with Gasteiger partial charge in [0.1, 0.15) is 11.7 Å². The molecule has 0 N–H and O–H groups in total. The smallest absolute Gasteiger partial charge is 0.227 e. The maximum Gasteiger partial charge on any atom is 0.227 e. The van der Waals surface area contributed by atoms with Crippen LogP contribution in [0.2, 0.25) is 0 Å². The Morgan fingerprint density at radius 2 is 1.72 bits per heavy atom. The summed E-state index contributed by atoms with van der Waals surface area (Å²) in [4.78, 5) is 15.7. The molecule has 2 aromatic heterocycles. The van der Waals surface area contributed by atoms with E-state index in [1.54, 1.807) is 6.20 Å². The number of fused-ring (bicyclic) bond motifs is 4. The van der Waals surface area contributed by atoms with Crippen LogP contribution in [0.3, 0.4) is 0 Å². The summed E-state index contributed by atoms with van der Waals surface area (Å²) < 4.78 is 6.00. The minimum absolute atomic E-state index is 0.0308. The third-order valence-corrected chi connectivity index (χ3v) is 5.71. The van der Waals surface area contributed by atoms with E-state index in [1.165, 1.54) is 0 Å². The molecule has 0 unspecified atom stereocenters. The maximum atomic E-state index is 7.46. The minimum Gasteiger partial charge on any atom is -0.438 e. The maximum absolute atomic E-state index is 7.46. The van der Waals surface area contributed by atoms with Gasteiger partial charge >= 0.3 is 0 Å². The first kappa shape index (κ1) is 17.1. The molecular formula is C23H17N5O. The Bertz CT molecular complexity index is 1390. The fourth-order valence-electron chi connectivity index (χ4n) is 4.13. The van der Waals surface area contributed by atoms with Crippen molar-refractivity contribution in [2.45, 2.75) is 20.0 Å². The summed E-state index contributed by atoms with van der Waals surface area (Å²) in [5, 5.41) is 2.04. The summed E-state index contributed by atoms with van der Waals surface area (Å²) in [5.74, 6) is 0. The largest absolute Gasteiger partial charge is 0.438 e. The first-order valence-corrected chi connectivity index (χ1v) is 9.26. The van der Waals surface area contributed by atoms with Gasteiger partial charge in [0.15, 0.2) is 11.4 Å². The number of hydrogen-bond acceptors (Lipinski definition) is 4. The highest BCUT2D eigenvalue weighted by atomic mass is 16.3. The van der Waals surface area contributed by atoms with E-state index < -0.39 is 0 Å². The number of pyridine rings is 1. The Morgan fingerprint density at radius 1 is 1.00 bits per heavy atom. The summed E-state index contributed by atoms with van der Waals surface area (Å²) in [6.07, 6.45) is 1.76. The summed E-state index contributed by atoms with van der Waals surface area (Å²) in [6, 6.07) is 11.7. The lowest BCUT2D eigenvalue weighted by Gasteiger charge is -2.29. The zero-order valence-electron chi connectivity index (χ0n) is 16.3. The topological polar surface area (TPSA) is 41.2 Å². The monoisotopic (exact) mass is 379 g/mol. The molecule has 1 atom stereocenters. The fraction of sp³-hybridized carbons (Fsp3) is 0.174. The number of benzene rings is 2. The molecule has 29 heavy (non-hydrogen) atoms. The van der Waals surface area contributed by atoms with E-state index in [1.807, 2.05) is 37.4 Å². The number of aryl methyl sites for hydroxylation is 1. The molecule has 2 aromatic carbocycles. The van der Waals surface area contributed by atoms with Crippen molar-refractivity contribution < 1.29 is 4.42 Å². The predicted octanol–water partition coefficient (Wildman–Crippen LogP) is 6.32. The number of furan rings is 1. The second-order valence-electron chi connectivity index (χ2n) is 7.26. The van der Waals surface area contributed by atoms with Gasteiger partial charge in [0.2, 0.25) is 5.71 Å². The van der Waals surface area contributed by atoms with E-state index in [4.69, 9.17) is 17.6 Å². The van der Waals surface area contributed by atoms with Crippen molar-refractivity contribution in [1.29, 1.82) is 0 Å². The van der Waals surface area contributed by atoms with Crippen LogP contribution in [0.15, 0.2) is 47.0 Å². The molecule has 0 radical (unpaired) electrons. The van der Waals surface area contributed by atoms with E-state index in [0.717, 1.165) is 39.0 Å². The van der Waals surface area contributed by atoms with E-state index in [0.29, 0.717) is 17.1 Å². The van der Waals surface area contributed by atoms with Crippen LogP contribution in [0.5, 0.6) is 0 Å². The second-order valence-corrected chi connectivity index (χ2v) is 7.26. The third kappa shape index (κ3) is 2.30. The quantitative estimate of drug-likeness (QED) is 0.363. The lowest BCUT2D eigenvalue weighted by atomic mass is 10.1. The van der Waals surface area contributed by atoms with Gasteiger partial charge in [-0.1, -0.05) is 0 Å². The van der Waals surface area contributed by atoms with Crippen LogP contribution in [0.1, 0.15) is 12.5 Å². The van der Waals surface area contributed by atoms with Crippen molar-refractivity contribution >= 4 is 50.5 Å². The van der Waals surface area contributed by atoms with Crippen molar-refractivity contribution in [3.05, 3.63) is 71.0 Å². The summed E-state index contributed by atoms with van der Waals surface area (Å²) in [5.41, 5.74) is 6.16. The highest BCUT2D eigenvalue weighted by molar-refractivity contribution is 6.05. The van der Waals surface area contributed by atoms with Gasteiger partial charge in [0.25, 0.3) is 0 Å². The highest BCUT2D eigenvalue weighted by Gasteiger charge is 2.33. The van der Waals surface area contributed by atoms with Gasteiger partial charge in [-0.2, -0.15) is 0 Å². The summed E-state index contributed by atoms with van der Waals surface area (Å²) in [7, 11) is 2.01. The Kier molecular flexibility index (Phi) is 3.53. The van der Waals surface area contributed by atoms with Crippen molar-refractivity contribution in [2.24, 2.45) is 0 Å². The van der Waals surface area contributed by atoms with E-state index >= 15 is 0 Å². The molecule has 0 spiro atoms. The Labute approximate surface area is 168 Å². The fourth-order valence-corrected chi connectivity index (χ4v) is 4.13. The molecule has 6 nitrogen and oxygen atoms in total. The third-order valence-electron chi connectivity index (χ3n) is 5.71. The van der Waals surface area contributed by atoms with Crippen molar-refractivity contribution in [3.8, 4) is 0 Å². The number of rotatable bonds is 1. The highest BCUT2D eigenvalue weighted by Crippen LogP contribution is 2.49. The minimum atomic E-state index is 0.0308. The SMILES string of the molecule is [C-]#[N+]c1cc2c(cc1[N+]#[C-])N(c1cc3oc4ncccc4c3cc1C)[C@@H](C)N2C. The lowest BCUT2D eigenvalue weighted by molar-refractivity contribution is 0.653. The van der Waals surface area contributed by atoms with Gasteiger partial charge in [-0.3, -0.25) is 9.69 Å². The van der Waals surface area contributed by atoms with Crippen molar-refractivity contribution in [1.82, 2.24) is 4.98 Å². The van der Waals surface area contributed by atoms with Crippen LogP contribution in [-0.2, 0) is 0 Å². The second kappa shape index (κ2) is 5.98. The van der Waals surface area contributed by atoms with E-state index in [-0.39, 0.29) is 6.17 Å². The molecule has 0 saturated heterocycles. The van der Waals surface area contributed by atoms with E-state index in [9.17, 15) is 0 Å². The van der Waals surface area contributed by atoms with Crippen LogP contribution in [0, 0.1) is 20.1 Å². The molecular weight excluding hydrogens is 362 g/mol. The molecule has 3 heterocycles. The zero-order valence-corrected chi connectivity index (χ0v) is 16.3. The molecule has 1 aliphatic rings. The molecule has 4 aromatic rings. The van der Waals surface area contributed by atoms with Crippen LogP contribution >= 0.6 is 0 Å². The lowest BCUT2D eigenvalue weighted by Crippen LogP contribution is -2.35. The van der Waals surface area contributed by atoms with Crippen LogP contribution in [-0.4, -0.2) is 18.2 Å². The molecule has 0 bridgehead atoms. The van der Waals surface area contributed by atoms with Crippen LogP contribution in [0.25, 0.3) is 31.8 Å². The van der Waals surface area contributed by atoms with Gasteiger partial charge in [0, 0.05) is 41.5 Å². The molecule has 0 aliphatic carbocycles. The van der Waals surface area contributed by atoms with Gasteiger partial charge in [-0.05, 0) is 49.7 Å². The summed E-state index contributed by atoms with van der Waals surface area (Å²) >= 11 is 0. The Morgan fingerprint density at radius 3 is 2.45 bits per heavy atom. The van der Waals surface area contributed by atoms with Gasteiger partial charge in [-0.15, -0.1) is 0 Å². The number of aromatic nitrogens is 1. The van der Waals surface area contributed by atoms with Crippen LogP contribution < -0.4 is 9.80 Å². The molecule has 6 heteroatoms. The Balaban J connectivity index is 1.75. The molecule has 0 amide bonds.